The molecule has 0 atom stereocenters. The molecule has 2 heterocycles. The minimum Gasteiger partial charge on any atom is -0.282 e. The molecule has 33 heavy (non-hydrogen) atoms. The normalized spacial score (nSPS) is 11.8. The van der Waals surface area contributed by atoms with Gasteiger partial charge in [-0.05, 0) is 68.8 Å². The van der Waals surface area contributed by atoms with Gasteiger partial charge in [0, 0.05) is 29.1 Å². The predicted octanol–water partition coefficient (Wildman–Crippen LogP) is 4.82. The van der Waals surface area contributed by atoms with Crippen molar-refractivity contribution >= 4 is 54.0 Å². The molecule has 0 unspecified atom stereocenters. The molecule has 0 N–H and O–H groups in total. The summed E-state index contributed by atoms with van der Waals surface area (Å²) in [5.41, 5.74) is 4.03. The summed E-state index contributed by atoms with van der Waals surface area (Å²) in [6, 6.07) is 11.6. The fourth-order valence-electron chi connectivity index (χ4n) is 3.64. The highest BCUT2D eigenvalue weighted by Gasteiger charge is 2.23. The Morgan fingerprint density at radius 2 is 1.82 bits per heavy atom. The van der Waals surface area contributed by atoms with Gasteiger partial charge in [0.15, 0.2) is 15.0 Å². The monoisotopic (exact) mass is 502 g/mol. The summed E-state index contributed by atoms with van der Waals surface area (Å²) in [6.07, 6.45) is 1.14. The molecule has 2 aromatic heterocycles. The average molecular weight is 503 g/mol. The number of sulfone groups is 1. The molecule has 2 aromatic carbocycles. The molecular weight excluding hydrogens is 480 g/mol. The maximum atomic E-state index is 13.5. The third-order valence-electron chi connectivity index (χ3n) is 5.28. The third kappa shape index (κ3) is 4.95. The molecule has 0 bridgehead atoms. The van der Waals surface area contributed by atoms with Gasteiger partial charge in [-0.3, -0.25) is 14.4 Å². The number of amides is 1. The number of hydrogen-bond donors (Lipinski definition) is 0. The van der Waals surface area contributed by atoms with E-state index in [0.717, 1.165) is 33.4 Å². The quantitative estimate of drug-likeness (QED) is 0.377. The molecule has 1 amide bonds. The average Bonchev–Trinajstić information content (AvgIpc) is 3.30. The van der Waals surface area contributed by atoms with Crippen molar-refractivity contribution in [2.24, 2.45) is 0 Å². The van der Waals surface area contributed by atoms with E-state index in [0.29, 0.717) is 28.8 Å². The van der Waals surface area contributed by atoms with Crippen LogP contribution in [0.5, 0.6) is 0 Å². The Bertz CT molecular complexity index is 1460. The summed E-state index contributed by atoms with van der Waals surface area (Å²) in [5, 5.41) is 5.66. The first-order valence-electron chi connectivity index (χ1n) is 10.2. The third-order valence-corrected chi connectivity index (χ3v) is 7.66. The van der Waals surface area contributed by atoms with E-state index in [1.165, 1.54) is 35.6 Å². The first-order chi connectivity index (χ1) is 15.5. The Morgan fingerprint density at radius 1 is 1.12 bits per heavy atom. The molecule has 10 heteroatoms. The van der Waals surface area contributed by atoms with Crippen LogP contribution >= 0.6 is 22.9 Å². The highest BCUT2D eigenvalue weighted by atomic mass is 35.5. The zero-order valence-electron chi connectivity index (χ0n) is 18.7. The molecule has 0 radical (unpaired) electrons. The minimum atomic E-state index is -3.35. The van der Waals surface area contributed by atoms with Crippen LogP contribution in [-0.2, 0) is 16.4 Å². The standard InChI is InChI=1S/C23H23ClN4O3S2/c1-14-11-18(24)13-20-21(14)25-23(32-20)27(9-10-28-16(3)12-15(2)26-28)22(29)17-5-7-19(8-6-17)33(4,30)31/h5-8,11-13H,9-10H2,1-4H3. The lowest BCUT2D eigenvalue weighted by Gasteiger charge is -2.20. The van der Waals surface area contributed by atoms with E-state index in [9.17, 15) is 13.2 Å². The van der Waals surface area contributed by atoms with Gasteiger partial charge in [0.05, 0.1) is 27.4 Å². The van der Waals surface area contributed by atoms with Crippen LogP contribution in [0, 0.1) is 20.8 Å². The van der Waals surface area contributed by atoms with Gasteiger partial charge in [0.25, 0.3) is 5.91 Å². The number of fused-ring (bicyclic) bond motifs is 1. The van der Waals surface area contributed by atoms with Crippen LogP contribution < -0.4 is 4.90 Å². The van der Waals surface area contributed by atoms with Crippen LogP contribution in [0.1, 0.15) is 27.3 Å². The van der Waals surface area contributed by atoms with Gasteiger partial charge in [0.1, 0.15) is 0 Å². The molecule has 0 saturated carbocycles. The molecule has 7 nitrogen and oxygen atoms in total. The number of anilines is 1. The Morgan fingerprint density at radius 3 is 2.42 bits per heavy atom. The van der Waals surface area contributed by atoms with Crippen molar-refractivity contribution in [2.45, 2.75) is 32.2 Å². The minimum absolute atomic E-state index is 0.165. The van der Waals surface area contributed by atoms with E-state index < -0.39 is 9.84 Å². The summed E-state index contributed by atoms with van der Waals surface area (Å²) in [7, 11) is -3.35. The molecule has 0 spiro atoms. The van der Waals surface area contributed by atoms with Crippen molar-refractivity contribution in [2.75, 3.05) is 17.7 Å². The zero-order chi connectivity index (χ0) is 23.9. The van der Waals surface area contributed by atoms with Crippen molar-refractivity contribution in [3.63, 3.8) is 0 Å². The topological polar surface area (TPSA) is 85.2 Å². The Labute approximate surface area is 201 Å². The number of thiazole rings is 1. The van der Waals surface area contributed by atoms with Crippen molar-refractivity contribution in [3.8, 4) is 0 Å². The van der Waals surface area contributed by atoms with Crippen LogP contribution in [0.15, 0.2) is 47.4 Å². The number of hydrogen-bond acceptors (Lipinski definition) is 6. The Hall–Kier alpha value is -2.75. The number of carbonyl (C=O) groups is 1. The van der Waals surface area contributed by atoms with E-state index in [1.807, 2.05) is 43.7 Å². The fraction of sp³-hybridized carbons (Fsp3) is 0.261. The van der Waals surface area contributed by atoms with E-state index >= 15 is 0 Å². The second kappa shape index (κ2) is 8.89. The fourth-order valence-corrected chi connectivity index (χ4v) is 5.71. The second-order valence-corrected chi connectivity index (χ2v) is 11.4. The summed E-state index contributed by atoms with van der Waals surface area (Å²) >= 11 is 7.61. The Kier molecular flexibility index (Phi) is 6.30. The van der Waals surface area contributed by atoms with E-state index in [4.69, 9.17) is 16.6 Å². The van der Waals surface area contributed by atoms with E-state index in [2.05, 4.69) is 5.10 Å². The van der Waals surface area contributed by atoms with Crippen molar-refractivity contribution in [1.82, 2.24) is 14.8 Å². The molecule has 0 aliphatic rings. The largest absolute Gasteiger partial charge is 0.282 e. The molecule has 4 aromatic rings. The van der Waals surface area contributed by atoms with Gasteiger partial charge in [0.2, 0.25) is 0 Å². The van der Waals surface area contributed by atoms with Crippen molar-refractivity contribution < 1.29 is 13.2 Å². The van der Waals surface area contributed by atoms with Gasteiger partial charge >= 0.3 is 0 Å². The van der Waals surface area contributed by atoms with Crippen molar-refractivity contribution in [3.05, 3.63) is 70.0 Å². The number of carbonyl (C=O) groups excluding carboxylic acids is 1. The molecule has 0 aliphatic heterocycles. The number of halogens is 1. The summed E-state index contributed by atoms with van der Waals surface area (Å²) < 4.78 is 26.3. The second-order valence-electron chi connectivity index (χ2n) is 7.97. The maximum absolute atomic E-state index is 13.5. The smallest absolute Gasteiger partial charge is 0.260 e. The lowest BCUT2D eigenvalue weighted by molar-refractivity contribution is 0.0985. The van der Waals surface area contributed by atoms with Gasteiger partial charge in [-0.25, -0.2) is 13.4 Å². The van der Waals surface area contributed by atoms with Gasteiger partial charge in [-0.2, -0.15) is 5.10 Å². The van der Waals surface area contributed by atoms with Crippen LogP contribution in [0.3, 0.4) is 0 Å². The van der Waals surface area contributed by atoms with Gasteiger partial charge < -0.3 is 0 Å². The number of aryl methyl sites for hydroxylation is 3. The Balaban J connectivity index is 1.73. The predicted molar refractivity (Wildman–Crippen MR) is 132 cm³/mol. The number of aromatic nitrogens is 3. The van der Waals surface area contributed by atoms with Crippen LogP contribution in [0.4, 0.5) is 5.13 Å². The van der Waals surface area contributed by atoms with Gasteiger partial charge in [-0.15, -0.1) is 0 Å². The first-order valence-corrected chi connectivity index (χ1v) is 13.3. The molecule has 0 fully saturated rings. The number of benzene rings is 2. The maximum Gasteiger partial charge on any atom is 0.260 e. The molecule has 4 rings (SSSR count). The molecular formula is C23H23ClN4O3S2. The molecule has 172 valence electrons. The van der Waals surface area contributed by atoms with Crippen molar-refractivity contribution in [1.29, 1.82) is 0 Å². The first kappa shape index (κ1) is 23.4. The van der Waals surface area contributed by atoms with Crippen LogP contribution in [0.2, 0.25) is 5.02 Å². The summed E-state index contributed by atoms with van der Waals surface area (Å²) in [5.74, 6) is -0.264. The lowest BCUT2D eigenvalue weighted by atomic mass is 10.2. The summed E-state index contributed by atoms with van der Waals surface area (Å²) in [4.78, 5) is 20.1. The number of nitrogens with zero attached hydrogens (tertiary/aromatic N) is 4. The van der Waals surface area contributed by atoms with Crippen LogP contribution in [0.25, 0.3) is 10.2 Å². The summed E-state index contributed by atoms with van der Waals surface area (Å²) in [6.45, 7) is 6.67. The lowest BCUT2D eigenvalue weighted by Crippen LogP contribution is -2.34. The highest BCUT2D eigenvalue weighted by Crippen LogP contribution is 2.33. The van der Waals surface area contributed by atoms with Crippen LogP contribution in [-0.4, -0.2) is 41.9 Å². The van der Waals surface area contributed by atoms with E-state index in [-0.39, 0.29) is 10.8 Å². The molecule has 0 saturated heterocycles. The van der Waals surface area contributed by atoms with Gasteiger partial charge in [-0.1, -0.05) is 22.9 Å². The highest BCUT2D eigenvalue weighted by molar-refractivity contribution is 7.90. The number of rotatable bonds is 6. The zero-order valence-corrected chi connectivity index (χ0v) is 21.1. The van der Waals surface area contributed by atoms with E-state index in [1.54, 1.807) is 4.90 Å². The molecule has 0 aliphatic carbocycles. The SMILES string of the molecule is Cc1cc(C)n(CCN(C(=O)c2ccc(S(C)(=O)=O)cc2)c2nc3c(C)cc(Cl)cc3s2)n1.